The van der Waals surface area contributed by atoms with Gasteiger partial charge in [-0.3, -0.25) is 4.99 Å². The number of halogens is 2. The summed E-state index contributed by atoms with van der Waals surface area (Å²) in [7, 11) is 1.63. The third-order valence-electron chi connectivity index (χ3n) is 5.14. The summed E-state index contributed by atoms with van der Waals surface area (Å²) >= 11 is 9.55. The molecule has 0 saturated carbocycles. The third kappa shape index (κ3) is 5.82. The van der Waals surface area contributed by atoms with Crippen LogP contribution in [-0.2, 0) is 11.3 Å². The lowest BCUT2D eigenvalue weighted by Crippen LogP contribution is -2.36. The Balaban J connectivity index is 1.44. The summed E-state index contributed by atoms with van der Waals surface area (Å²) in [4.78, 5) is 6.93. The van der Waals surface area contributed by atoms with Crippen molar-refractivity contribution in [3.05, 3.63) is 81.3 Å². The van der Waals surface area contributed by atoms with Gasteiger partial charge in [0.15, 0.2) is 11.5 Å². The smallest absolute Gasteiger partial charge is 0.175 e. The second kappa shape index (κ2) is 10.9. The molecule has 166 valence electrons. The van der Waals surface area contributed by atoms with E-state index in [1.807, 2.05) is 54.7 Å². The van der Waals surface area contributed by atoms with Crippen molar-refractivity contribution in [2.45, 2.75) is 6.61 Å². The molecule has 0 unspecified atom stereocenters. The van der Waals surface area contributed by atoms with Gasteiger partial charge < -0.3 is 19.1 Å². The Hall–Kier alpha value is -2.54. The fourth-order valence-corrected chi connectivity index (χ4v) is 4.11. The molecule has 0 spiro atoms. The van der Waals surface area contributed by atoms with Crippen molar-refractivity contribution >= 4 is 45.1 Å². The van der Waals surface area contributed by atoms with Crippen molar-refractivity contribution in [3.63, 3.8) is 0 Å². The van der Waals surface area contributed by atoms with Crippen LogP contribution in [0.1, 0.15) is 11.1 Å². The van der Waals surface area contributed by atoms with Gasteiger partial charge in [-0.05, 0) is 75.6 Å². The fourth-order valence-electron chi connectivity index (χ4n) is 3.41. The first-order valence-electron chi connectivity index (χ1n) is 10.3. The Bertz CT molecular complexity index is 1070. The lowest BCUT2D eigenvalue weighted by molar-refractivity contribution is 0.122. The van der Waals surface area contributed by atoms with Crippen molar-refractivity contribution in [2.24, 2.45) is 4.99 Å². The van der Waals surface area contributed by atoms with Crippen LogP contribution in [0.15, 0.2) is 70.1 Å². The van der Waals surface area contributed by atoms with E-state index in [-0.39, 0.29) is 0 Å². The quantitative estimate of drug-likeness (QED) is 0.348. The highest BCUT2D eigenvalue weighted by Gasteiger charge is 2.12. The summed E-state index contributed by atoms with van der Waals surface area (Å²) in [5, 5.41) is 0.701. The molecule has 0 bridgehead atoms. The molecule has 0 atom stereocenters. The van der Waals surface area contributed by atoms with E-state index in [0.717, 1.165) is 47.6 Å². The van der Waals surface area contributed by atoms with Crippen LogP contribution < -0.4 is 14.4 Å². The number of hydrogen-bond acceptors (Lipinski definition) is 5. The normalized spacial score (nSPS) is 14.0. The Kier molecular flexibility index (Phi) is 7.68. The van der Waals surface area contributed by atoms with Crippen LogP contribution in [-0.4, -0.2) is 39.6 Å². The molecule has 1 saturated heterocycles. The highest BCUT2D eigenvalue weighted by molar-refractivity contribution is 9.10. The molecule has 1 fully saturated rings. The van der Waals surface area contributed by atoms with Crippen LogP contribution >= 0.6 is 27.5 Å². The summed E-state index contributed by atoms with van der Waals surface area (Å²) < 4.78 is 17.8. The Morgan fingerprint density at radius 3 is 2.47 bits per heavy atom. The van der Waals surface area contributed by atoms with E-state index in [1.54, 1.807) is 7.11 Å². The molecule has 5 nitrogen and oxygen atoms in total. The third-order valence-corrected chi connectivity index (χ3v) is 5.98. The first-order chi connectivity index (χ1) is 15.6. The van der Waals surface area contributed by atoms with Crippen LogP contribution in [0.2, 0.25) is 5.02 Å². The fraction of sp³-hybridized carbons (Fsp3) is 0.240. The summed E-state index contributed by atoms with van der Waals surface area (Å²) in [6.45, 7) is 3.80. The number of aliphatic imine (C=N–C) groups is 1. The molecule has 3 aromatic rings. The molecule has 3 aromatic carbocycles. The van der Waals surface area contributed by atoms with Crippen molar-refractivity contribution in [2.75, 3.05) is 38.3 Å². The SMILES string of the molecule is COc1cc(C=Nc2ccc(N3CCOCC3)cc2)cc(Br)c1OCc1ccc(Cl)cc1. The van der Waals surface area contributed by atoms with E-state index in [4.69, 9.17) is 25.8 Å². The minimum absolute atomic E-state index is 0.412. The zero-order chi connectivity index (χ0) is 22.3. The van der Waals surface area contributed by atoms with Gasteiger partial charge >= 0.3 is 0 Å². The molecule has 1 aliphatic heterocycles. The maximum absolute atomic E-state index is 6.00. The minimum atomic E-state index is 0.412. The van der Waals surface area contributed by atoms with E-state index in [1.165, 1.54) is 5.69 Å². The number of nitrogens with zero attached hydrogens (tertiary/aromatic N) is 2. The van der Waals surface area contributed by atoms with Gasteiger partial charge in [0.05, 0.1) is 30.5 Å². The molecule has 1 heterocycles. The van der Waals surface area contributed by atoms with Gasteiger partial charge in [-0.1, -0.05) is 23.7 Å². The second-order valence-corrected chi connectivity index (χ2v) is 8.61. The lowest BCUT2D eigenvalue weighted by Gasteiger charge is -2.28. The van der Waals surface area contributed by atoms with Gasteiger partial charge in [0.2, 0.25) is 0 Å². The molecule has 7 heteroatoms. The van der Waals surface area contributed by atoms with Crippen molar-refractivity contribution < 1.29 is 14.2 Å². The van der Waals surface area contributed by atoms with Gasteiger partial charge in [-0.15, -0.1) is 0 Å². The van der Waals surface area contributed by atoms with E-state index in [0.29, 0.717) is 23.1 Å². The van der Waals surface area contributed by atoms with Gasteiger partial charge in [0.1, 0.15) is 6.61 Å². The number of morpholine rings is 1. The minimum Gasteiger partial charge on any atom is -0.493 e. The van der Waals surface area contributed by atoms with Crippen LogP contribution in [0.3, 0.4) is 0 Å². The zero-order valence-electron chi connectivity index (χ0n) is 17.8. The second-order valence-electron chi connectivity index (χ2n) is 7.32. The number of ether oxygens (including phenoxy) is 3. The summed E-state index contributed by atoms with van der Waals surface area (Å²) in [5.41, 5.74) is 4.01. The van der Waals surface area contributed by atoms with Crippen LogP contribution in [0, 0.1) is 0 Å². The maximum Gasteiger partial charge on any atom is 0.175 e. The lowest BCUT2D eigenvalue weighted by atomic mass is 10.2. The molecule has 0 aliphatic carbocycles. The predicted octanol–water partition coefficient (Wildman–Crippen LogP) is 6.28. The summed E-state index contributed by atoms with van der Waals surface area (Å²) in [6.07, 6.45) is 1.82. The summed E-state index contributed by atoms with van der Waals surface area (Å²) in [5.74, 6) is 1.28. The maximum atomic E-state index is 6.00. The molecule has 0 aromatic heterocycles. The first kappa shape index (κ1) is 22.6. The van der Waals surface area contributed by atoms with Gasteiger partial charge in [0.25, 0.3) is 0 Å². The molecule has 1 aliphatic rings. The van der Waals surface area contributed by atoms with E-state index >= 15 is 0 Å². The number of hydrogen-bond donors (Lipinski definition) is 0. The molecule has 32 heavy (non-hydrogen) atoms. The molecule has 0 radical (unpaired) electrons. The number of benzene rings is 3. The summed E-state index contributed by atoms with van der Waals surface area (Å²) in [6, 6.07) is 19.7. The molecular weight excluding hydrogens is 492 g/mol. The van der Waals surface area contributed by atoms with Crippen molar-refractivity contribution in [3.8, 4) is 11.5 Å². The molecule has 0 amide bonds. The van der Waals surface area contributed by atoms with Crippen molar-refractivity contribution in [1.29, 1.82) is 0 Å². The number of methoxy groups -OCH3 is 1. The standard InChI is InChI=1S/C25H24BrClN2O3/c1-30-24-15-19(14-23(26)25(24)32-17-18-2-4-20(27)5-3-18)16-28-21-6-8-22(9-7-21)29-10-12-31-13-11-29/h2-9,14-16H,10-13,17H2,1H3. The number of rotatable bonds is 7. The topological polar surface area (TPSA) is 43.3 Å². The largest absolute Gasteiger partial charge is 0.493 e. The van der Waals surface area contributed by atoms with Crippen LogP contribution in [0.5, 0.6) is 11.5 Å². The Morgan fingerprint density at radius 2 is 1.78 bits per heavy atom. The van der Waals surface area contributed by atoms with Gasteiger partial charge in [-0.25, -0.2) is 0 Å². The average Bonchev–Trinajstić information content (AvgIpc) is 2.83. The van der Waals surface area contributed by atoms with E-state index in [2.05, 4.69) is 38.0 Å². The molecular formula is C25H24BrClN2O3. The predicted molar refractivity (Wildman–Crippen MR) is 133 cm³/mol. The zero-order valence-corrected chi connectivity index (χ0v) is 20.1. The van der Waals surface area contributed by atoms with E-state index in [9.17, 15) is 0 Å². The van der Waals surface area contributed by atoms with Gasteiger partial charge in [0, 0.05) is 30.0 Å². The van der Waals surface area contributed by atoms with Gasteiger partial charge in [-0.2, -0.15) is 0 Å². The molecule has 0 N–H and O–H groups in total. The highest BCUT2D eigenvalue weighted by Crippen LogP contribution is 2.37. The van der Waals surface area contributed by atoms with E-state index < -0.39 is 0 Å². The average molecular weight is 516 g/mol. The van der Waals surface area contributed by atoms with Crippen LogP contribution in [0.25, 0.3) is 0 Å². The van der Waals surface area contributed by atoms with Crippen LogP contribution in [0.4, 0.5) is 11.4 Å². The Labute approximate surface area is 201 Å². The Morgan fingerprint density at radius 1 is 1.06 bits per heavy atom. The monoisotopic (exact) mass is 514 g/mol. The first-order valence-corrected chi connectivity index (χ1v) is 11.5. The molecule has 4 rings (SSSR count). The number of anilines is 1. The highest BCUT2D eigenvalue weighted by atomic mass is 79.9. The van der Waals surface area contributed by atoms with Crippen molar-refractivity contribution in [1.82, 2.24) is 0 Å².